The van der Waals surface area contributed by atoms with Crippen molar-refractivity contribution >= 4 is 6.03 Å². The Hall–Kier alpha value is -1.59. The number of rotatable bonds is 5. The second-order valence-corrected chi connectivity index (χ2v) is 7.64. The number of urea groups is 1. The summed E-state index contributed by atoms with van der Waals surface area (Å²) in [4.78, 5) is 11.8. The monoisotopic (exact) mass is 334 g/mol. The van der Waals surface area contributed by atoms with Gasteiger partial charge >= 0.3 is 6.03 Å². The molecule has 0 aromatic heterocycles. The Morgan fingerprint density at radius 2 is 1.79 bits per heavy atom. The van der Waals surface area contributed by atoms with Gasteiger partial charge in [0, 0.05) is 39.1 Å². The van der Waals surface area contributed by atoms with Crippen molar-refractivity contribution in [1.29, 1.82) is 0 Å². The summed E-state index contributed by atoms with van der Waals surface area (Å²) in [6.07, 6.45) is 1.91. The molecule has 0 bridgehead atoms. The molecule has 3 N–H and O–H groups in total. The third kappa shape index (κ3) is 5.80. The van der Waals surface area contributed by atoms with Gasteiger partial charge in [0.15, 0.2) is 0 Å². The van der Waals surface area contributed by atoms with Crippen LogP contribution in [0.25, 0.3) is 0 Å². The van der Waals surface area contributed by atoms with Crippen LogP contribution >= 0.6 is 0 Å². The van der Waals surface area contributed by atoms with E-state index in [4.69, 9.17) is 4.74 Å². The van der Waals surface area contributed by atoms with Gasteiger partial charge in [-0.3, -0.25) is 0 Å². The first-order valence-corrected chi connectivity index (χ1v) is 8.70. The van der Waals surface area contributed by atoms with Gasteiger partial charge in [0.2, 0.25) is 0 Å². The van der Waals surface area contributed by atoms with Crippen LogP contribution in [0.3, 0.4) is 0 Å². The lowest BCUT2D eigenvalue weighted by Crippen LogP contribution is -2.49. The van der Waals surface area contributed by atoms with Crippen LogP contribution in [0.4, 0.5) is 4.79 Å². The first-order valence-electron chi connectivity index (χ1n) is 8.70. The molecule has 0 aliphatic carbocycles. The highest BCUT2D eigenvalue weighted by Gasteiger charge is 2.29. The quantitative estimate of drug-likeness (QED) is 0.774. The normalized spacial score (nSPS) is 17.3. The number of amides is 2. The molecule has 0 spiro atoms. The second-order valence-electron chi connectivity index (χ2n) is 7.64. The molecule has 0 radical (unpaired) electrons. The molecule has 24 heavy (non-hydrogen) atoms. The van der Waals surface area contributed by atoms with Crippen molar-refractivity contribution < 1.29 is 14.6 Å². The van der Waals surface area contributed by atoms with Crippen molar-refractivity contribution in [1.82, 2.24) is 10.6 Å². The van der Waals surface area contributed by atoms with Gasteiger partial charge in [-0.25, -0.2) is 4.79 Å². The number of ether oxygens (including phenoxy) is 1. The minimum atomic E-state index is -0.835. The van der Waals surface area contributed by atoms with Crippen LogP contribution in [0.5, 0.6) is 0 Å². The molecule has 1 heterocycles. The first-order chi connectivity index (χ1) is 11.3. The van der Waals surface area contributed by atoms with E-state index in [2.05, 4.69) is 55.7 Å². The van der Waals surface area contributed by atoms with Gasteiger partial charge in [-0.15, -0.1) is 0 Å². The summed E-state index contributed by atoms with van der Waals surface area (Å²) >= 11 is 0. The molecule has 1 saturated heterocycles. The van der Waals surface area contributed by atoms with Crippen molar-refractivity contribution in [2.45, 2.75) is 51.0 Å². The maximum absolute atomic E-state index is 11.8. The summed E-state index contributed by atoms with van der Waals surface area (Å²) in [5.74, 6) is 0. The molecule has 5 heteroatoms. The van der Waals surface area contributed by atoms with E-state index < -0.39 is 5.60 Å². The van der Waals surface area contributed by atoms with Crippen molar-refractivity contribution in [3.8, 4) is 0 Å². The molecule has 0 unspecified atom stereocenters. The third-order valence-electron chi connectivity index (χ3n) is 4.52. The Morgan fingerprint density at radius 3 is 2.38 bits per heavy atom. The maximum Gasteiger partial charge on any atom is 0.314 e. The molecule has 1 aromatic carbocycles. The molecular formula is C19H30N2O3. The zero-order valence-electron chi connectivity index (χ0n) is 15.0. The van der Waals surface area contributed by atoms with E-state index in [-0.39, 0.29) is 18.0 Å². The Morgan fingerprint density at radius 1 is 1.17 bits per heavy atom. The van der Waals surface area contributed by atoms with E-state index in [0.29, 0.717) is 32.6 Å². The number of carbonyl (C=O) groups excluding carboxylic acids is 1. The van der Waals surface area contributed by atoms with Gasteiger partial charge in [0.05, 0.1) is 5.60 Å². The summed E-state index contributed by atoms with van der Waals surface area (Å²) in [6.45, 7) is 8.51. The largest absolute Gasteiger partial charge is 0.388 e. The lowest BCUT2D eigenvalue weighted by molar-refractivity contribution is -0.0600. The molecule has 134 valence electrons. The summed E-state index contributed by atoms with van der Waals surface area (Å²) in [5, 5.41) is 15.9. The predicted octanol–water partition coefficient (Wildman–Crippen LogP) is 2.37. The Bertz CT molecular complexity index is 529. The standard InChI is InChI=1S/C19H30N2O3/c1-18(2,3)16-6-4-15(5-7-16)8-11-20-17(22)21-14-19(23)9-12-24-13-10-19/h4-7,23H,8-14H2,1-3H3,(H2,20,21,22). The minimum absolute atomic E-state index is 0.154. The van der Waals surface area contributed by atoms with E-state index in [9.17, 15) is 9.90 Å². The van der Waals surface area contributed by atoms with Crippen LogP contribution in [-0.4, -0.2) is 43.0 Å². The Labute approximate surface area is 144 Å². The molecule has 1 aromatic rings. The minimum Gasteiger partial charge on any atom is -0.388 e. The summed E-state index contributed by atoms with van der Waals surface area (Å²) in [5.41, 5.74) is 1.83. The van der Waals surface area contributed by atoms with E-state index >= 15 is 0 Å². The number of hydrogen-bond acceptors (Lipinski definition) is 3. The van der Waals surface area contributed by atoms with Crippen molar-refractivity contribution in [3.63, 3.8) is 0 Å². The van der Waals surface area contributed by atoms with Gasteiger partial charge in [-0.2, -0.15) is 0 Å². The zero-order chi connectivity index (χ0) is 17.6. The van der Waals surface area contributed by atoms with E-state index in [1.807, 2.05) is 0 Å². The zero-order valence-corrected chi connectivity index (χ0v) is 15.0. The third-order valence-corrected chi connectivity index (χ3v) is 4.52. The van der Waals surface area contributed by atoms with Gasteiger partial charge in [0.25, 0.3) is 0 Å². The average Bonchev–Trinajstić information content (AvgIpc) is 2.53. The Balaban J connectivity index is 1.69. The number of aliphatic hydroxyl groups is 1. The van der Waals surface area contributed by atoms with Crippen molar-refractivity contribution in [2.24, 2.45) is 0 Å². The van der Waals surface area contributed by atoms with Gasteiger partial charge in [0.1, 0.15) is 0 Å². The summed E-state index contributed by atoms with van der Waals surface area (Å²) in [7, 11) is 0. The van der Waals surface area contributed by atoms with Crippen LogP contribution in [0, 0.1) is 0 Å². The average molecular weight is 334 g/mol. The predicted molar refractivity (Wildman–Crippen MR) is 95.3 cm³/mol. The highest BCUT2D eigenvalue weighted by Crippen LogP contribution is 2.22. The highest BCUT2D eigenvalue weighted by atomic mass is 16.5. The highest BCUT2D eigenvalue weighted by molar-refractivity contribution is 5.73. The smallest absolute Gasteiger partial charge is 0.314 e. The lowest BCUT2D eigenvalue weighted by atomic mass is 9.86. The fourth-order valence-electron chi connectivity index (χ4n) is 2.73. The molecule has 2 amide bonds. The molecule has 2 rings (SSSR count). The SMILES string of the molecule is CC(C)(C)c1ccc(CCNC(=O)NCC2(O)CCOCC2)cc1. The number of nitrogens with one attached hydrogen (secondary N) is 2. The van der Waals surface area contributed by atoms with Crippen LogP contribution in [0.15, 0.2) is 24.3 Å². The maximum atomic E-state index is 11.8. The fraction of sp³-hybridized carbons (Fsp3) is 0.632. The Kier molecular flexibility index (Phi) is 6.24. The van der Waals surface area contributed by atoms with Crippen molar-refractivity contribution in [3.05, 3.63) is 35.4 Å². The molecule has 1 fully saturated rings. The molecule has 1 aliphatic heterocycles. The van der Waals surface area contributed by atoms with E-state index in [1.165, 1.54) is 11.1 Å². The second kappa shape index (κ2) is 7.99. The summed E-state index contributed by atoms with van der Waals surface area (Å²) < 4.78 is 5.23. The molecule has 1 aliphatic rings. The molecule has 0 atom stereocenters. The number of carbonyl (C=O) groups is 1. The molecule has 0 saturated carbocycles. The van der Waals surface area contributed by atoms with Gasteiger partial charge < -0.3 is 20.5 Å². The van der Waals surface area contributed by atoms with Crippen LogP contribution in [0.2, 0.25) is 0 Å². The fourth-order valence-corrected chi connectivity index (χ4v) is 2.73. The van der Waals surface area contributed by atoms with Crippen molar-refractivity contribution in [2.75, 3.05) is 26.3 Å². The number of hydrogen-bond donors (Lipinski definition) is 3. The van der Waals surface area contributed by atoms with E-state index in [1.54, 1.807) is 0 Å². The van der Waals surface area contributed by atoms with Crippen LogP contribution < -0.4 is 10.6 Å². The lowest BCUT2D eigenvalue weighted by Gasteiger charge is -2.32. The topological polar surface area (TPSA) is 70.6 Å². The number of benzene rings is 1. The van der Waals surface area contributed by atoms with Gasteiger partial charge in [-0.05, 0) is 23.0 Å². The van der Waals surface area contributed by atoms with Gasteiger partial charge in [-0.1, -0.05) is 45.0 Å². The van der Waals surface area contributed by atoms with Crippen LogP contribution in [0.1, 0.15) is 44.7 Å². The van der Waals surface area contributed by atoms with E-state index in [0.717, 1.165) is 6.42 Å². The molecular weight excluding hydrogens is 304 g/mol. The summed E-state index contributed by atoms with van der Waals surface area (Å²) in [6, 6.07) is 8.29. The molecule has 5 nitrogen and oxygen atoms in total. The van der Waals surface area contributed by atoms with Crippen LogP contribution in [-0.2, 0) is 16.6 Å². The first kappa shape index (κ1) is 18.7.